The number of carboxylic acid groups (broad SMARTS) is 1. The minimum atomic E-state index is -1.09. The van der Waals surface area contributed by atoms with Gasteiger partial charge in [-0.1, -0.05) is 26.3 Å². The van der Waals surface area contributed by atoms with Crippen molar-refractivity contribution in [1.82, 2.24) is 0 Å². The fourth-order valence-corrected chi connectivity index (χ4v) is 3.97. The lowest BCUT2D eigenvalue weighted by molar-refractivity contribution is 0.0695. The van der Waals surface area contributed by atoms with Crippen LogP contribution in [0.2, 0.25) is 0 Å². The second-order valence-corrected chi connectivity index (χ2v) is 6.61. The predicted octanol–water partition coefficient (Wildman–Crippen LogP) is 3.34. The smallest absolute Gasteiger partial charge is 0.336 e. The van der Waals surface area contributed by atoms with Crippen molar-refractivity contribution in [2.75, 3.05) is 5.75 Å². The van der Waals surface area contributed by atoms with E-state index in [4.69, 9.17) is 0 Å². The predicted molar refractivity (Wildman–Crippen MR) is 76.3 cm³/mol. The van der Waals surface area contributed by atoms with Crippen molar-refractivity contribution in [3.63, 3.8) is 0 Å². The van der Waals surface area contributed by atoms with Crippen LogP contribution in [-0.2, 0) is 17.2 Å². The lowest BCUT2D eigenvalue weighted by atomic mass is 9.79. The molecule has 0 amide bonds. The lowest BCUT2D eigenvalue weighted by Gasteiger charge is -2.29. The van der Waals surface area contributed by atoms with Crippen LogP contribution in [0, 0.1) is 0 Å². The number of carboxylic acids is 1. The molecule has 1 aromatic rings. The molecule has 104 valence electrons. The highest BCUT2D eigenvalue weighted by atomic mass is 32.2. The Morgan fingerprint density at radius 1 is 1.37 bits per heavy atom. The van der Waals surface area contributed by atoms with E-state index in [9.17, 15) is 14.1 Å². The summed E-state index contributed by atoms with van der Waals surface area (Å²) >= 11 is 0. The van der Waals surface area contributed by atoms with Gasteiger partial charge in [-0.25, -0.2) is 4.79 Å². The van der Waals surface area contributed by atoms with E-state index < -0.39 is 16.8 Å². The van der Waals surface area contributed by atoms with Gasteiger partial charge in [-0.3, -0.25) is 4.21 Å². The molecule has 19 heavy (non-hydrogen) atoms. The Morgan fingerprint density at radius 2 is 2.05 bits per heavy atom. The third-order valence-corrected chi connectivity index (χ3v) is 5.37. The quantitative estimate of drug-likeness (QED) is 0.900. The Morgan fingerprint density at radius 3 is 2.47 bits per heavy atom. The van der Waals surface area contributed by atoms with Gasteiger partial charge in [-0.2, -0.15) is 0 Å². The monoisotopic (exact) mass is 280 g/mol. The zero-order valence-corrected chi connectivity index (χ0v) is 12.3. The molecular weight excluding hydrogens is 260 g/mol. The van der Waals surface area contributed by atoms with Gasteiger partial charge in [0, 0.05) is 10.6 Å². The topological polar surface area (TPSA) is 54.4 Å². The zero-order valence-electron chi connectivity index (χ0n) is 11.4. The second-order valence-electron chi connectivity index (χ2n) is 4.93. The highest BCUT2D eigenvalue weighted by molar-refractivity contribution is 7.85. The van der Waals surface area contributed by atoms with Gasteiger partial charge in [-0.15, -0.1) is 0 Å². The van der Waals surface area contributed by atoms with Crippen LogP contribution in [-0.4, -0.2) is 21.0 Å². The van der Waals surface area contributed by atoms with Crippen LogP contribution in [0.25, 0.3) is 0 Å². The fourth-order valence-electron chi connectivity index (χ4n) is 2.65. The summed E-state index contributed by atoms with van der Waals surface area (Å²) < 4.78 is 12.4. The minimum Gasteiger partial charge on any atom is -0.478 e. The molecule has 1 N–H and O–H groups in total. The highest BCUT2D eigenvalue weighted by Crippen LogP contribution is 2.40. The molecule has 1 aromatic carbocycles. The molecule has 0 spiro atoms. The molecule has 0 unspecified atom stereocenters. The van der Waals surface area contributed by atoms with Gasteiger partial charge in [0.05, 0.1) is 16.4 Å². The SMILES string of the molecule is CCc1c(C(=O)O)ccc(C2CCC2)c1[S@](=O)CC. The summed E-state index contributed by atoms with van der Waals surface area (Å²) in [5.74, 6) is 0.0838. The van der Waals surface area contributed by atoms with E-state index in [2.05, 4.69) is 0 Å². The Labute approximate surface area is 116 Å². The summed E-state index contributed by atoms with van der Waals surface area (Å²) in [5, 5.41) is 9.28. The molecule has 1 atom stereocenters. The average Bonchev–Trinajstić information content (AvgIpc) is 2.34. The first-order chi connectivity index (χ1) is 9.10. The van der Waals surface area contributed by atoms with Gasteiger partial charge >= 0.3 is 5.97 Å². The van der Waals surface area contributed by atoms with Gasteiger partial charge in [0.1, 0.15) is 0 Å². The molecule has 0 aliphatic heterocycles. The Balaban J connectivity index is 2.62. The largest absolute Gasteiger partial charge is 0.478 e. The van der Waals surface area contributed by atoms with Crippen LogP contribution in [0.5, 0.6) is 0 Å². The van der Waals surface area contributed by atoms with Gasteiger partial charge in [0.2, 0.25) is 0 Å². The molecule has 0 bridgehead atoms. The third kappa shape index (κ3) is 2.59. The molecule has 4 heteroatoms. The van der Waals surface area contributed by atoms with Crippen molar-refractivity contribution in [2.24, 2.45) is 0 Å². The van der Waals surface area contributed by atoms with Crippen molar-refractivity contribution >= 4 is 16.8 Å². The molecule has 1 aliphatic rings. The Hall–Kier alpha value is -1.16. The summed E-state index contributed by atoms with van der Waals surface area (Å²) in [4.78, 5) is 12.1. The number of hydrogen-bond donors (Lipinski definition) is 1. The first-order valence-corrected chi connectivity index (χ1v) is 8.19. The highest BCUT2D eigenvalue weighted by Gasteiger charge is 2.27. The van der Waals surface area contributed by atoms with E-state index in [0.29, 0.717) is 23.7 Å². The number of benzene rings is 1. The van der Waals surface area contributed by atoms with E-state index in [-0.39, 0.29) is 0 Å². The Kier molecular flexibility index (Phi) is 4.40. The van der Waals surface area contributed by atoms with E-state index in [1.165, 1.54) is 6.42 Å². The summed E-state index contributed by atoms with van der Waals surface area (Å²) in [6.07, 6.45) is 4.08. The summed E-state index contributed by atoms with van der Waals surface area (Å²) in [6, 6.07) is 3.57. The standard InChI is InChI=1S/C15H20O3S/c1-3-11-13(15(16)17)9-8-12(10-6-5-7-10)14(11)19(18)4-2/h8-10H,3-7H2,1-2H3,(H,16,17)/t19-/m1/s1. The van der Waals surface area contributed by atoms with Crippen LogP contribution >= 0.6 is 0 Å². The third-order valence-electron chi connectivity index (χ3n) is 3.91. The zero-order chi connectivity index (χ0) is 14.0. The van der Waals surface area contributed by atoms with E-state index in [1.54, 1.807) is 6.07 Å². The molecule has 1 aliphatic carbocycles. The van der Waals surface area contributed by atoms with Crippen LogP contribution in [0.1, 0.15) is 60.5 Å². The average molecular weight is 280 g/mol. The first kappa shape index (κ1) is 14.3. The maximum Gasteiger partial charge on any atom is 0.336 e. The minimum absolute atomic E-state index is 0.308. The number of hydrogen-bond acceptors (Lipinski definition) is 2. The molecule has 0 aromatic heterocycles. The molecule has 3 nitrogen and oxygen atoms in total. The van der Waals surface area contributed by atoms with Crippen molar-refractivity contribution < 1.29 is 14.1 Å². The number of rotatable bonds is 5. The molecule has 2 rings (SSSR count). The molecule has 0 saturated heterocycles. The fraction of sp³-hybridized carbons (Fsp3) is 0.533. The molecule has 1 fully saturated rings. The lowest BCUT2D eigenvalue weighted by Crippen LogP contribution is -2.16. The van der Waals surface area contributed by atoms with Crippen molar-refractivity contribution in [3.8, 4) is 0 Å². The van der Waals surface area contributed by atoms with Crippen LogP contribution < -0.4 is 0 Å². The number of carbonyl (C=O) groups is 1. The van der Waals surface area contributed by atoms with Crippen molar-refractivity contribution in [1.29, 1.82) is 0 Å². The molecule has 0 radical (unpaired) electrons. The summed E-state index contributed by atoms with van der Waals surface area (Å²) in [6.45, 7) is 3.82. The van der Waals surface area contributed by atoms with Crippen LogP contribution in [0.3, 0.4) is 0 Å². The molecule has 1 saturated carbocycles. The Bertz CT molecular complexity index is 518. The van der Waals surface area contributed by atoms with Gasteiger partial charge < -0.3 is 5.11 Å². The van der Waals surface area contributed by atoms with Crippen molar-refractivity contribution in [2.45, 2.75) is 50.3 Å². The second kappa shape index (κ2) is 5.87. The summed E-state index contributed by atoms with van der Waals surface area (Å²) in [7, 11) is -1.09. The summed E-state index contributed by atoms with van der Waals surface area (Å²) in [5.41, 5.74) is 2.19. The van der Waals surface area contributed by atoms with E-state index in [0.717, 1.165) is 28.9 Å². The van der Waals surface area contributed by atoms with E-state index >= 15 is 0 Å². The van der Waals surface area contributed by atoms with Crippen LogP contribution in [0.15, 0.2) is 17.0 Å². The van der Waals surface area contributed by atoms with Crippen molar-refractivity contribution in [3.05, 3.63) is 28.8 Å². The van der Waals surface area contributed by atoms with Gasteiger partial charge in [0.15, 0.2) is 0 Å². The normalized spacial score (nSPS) is 16.9. The van der Waals surface area contributed by atoms with Crippen LogP contribution in [0.4, 0.5) is 0 Å². The van der Waals surface area contributed by atoms with E-state index in [1.807, 2.05) is 19.9 Å². The van der Waals surface area contributed by atoms with Gasteiger partial charge in [0.25, 0.3) is 0 Å². The maximum atomic E-state index is 12.4. The molecule has 0 heterocycles. The maximum absolute atomic E-state index is 12.4. The molecular formula is C15H20O3S. The van der Waals surface area contributed by atoms with Gasteiger partial charge in [-0.05, 0) is 42.4 Å². The number of aromatic carboxylic acids is 1. The first-order valence-electron chi connectivity index (χ1n) is 6.87.